The van der Waals surface area contributed by atoms with Gasteiger partial charge in [0.1, 0.15) is 5.69 Å². The molecule has 1 fully saturated rings. The van der Waals surface area contributed by atoms with Gasteiger partial charge in [-0.3, -0.25) is 19.6 Å². The number of nitrogens with zero attached hydrogens (tertiary/aromatic N) is 4. The van der Waals surface area contributed by atoms with E-state index >= 15 is 0 Å². The number of H-pyrrole nitrogens is 1. The second-order valence-electron chi connectivity index (χ2n) is 6.45. The number of aromatic amines is 1. The Morgan fingerprint density at radius 2 is 2.12 bits per heavy atom. The molecule has 0 aromatic carbocycles. The van der Waals surface area contributed by atoms with Crippen LogP contribution in [0.15, 0.2) is 29.5 Å². The minimum absolute atomic E-state index is 0.223. The van der Waals surface area contributed by atoms with Crippen molar-refractivity contribution in [2.75, 3.05) is 18.0 Å². The van der Waals surface area contributed by atoms with Crippen molar-refractivity contribution in [2.45, 2.75) is 32.7 Å². The largest absolute Gasteiger partial charge is 0.343 e. The fourth-order valence-corrected chi connectivity index (χ4v) is 2.82. The van der Waals surface area contributed by atoms with Crippen LogP contribution >= 0.6 is 0 Å². The third kappa shape index (κ3) is 4.20. The van der Waals surface area contributed by atoms with Crippen molar-refractivity contribution < 1.29 is 4.79 Å². The Hall–Kier alpha value is -2.77. The summed E-state index contributed by atoms with van der Waals surface area (Å²) in [4.78, 5) is 41.5. The van der Waals surface area contributed by atoms with Crippen LogP contribution in [0.25, 0.3) is 0 Å². The fraction of sp³-hybridized carbons (Fsp3) is 0.471. The first kappa shape index (κ1) is 17.1. The van der Waals surface area contributed by atoms with Crippen LogP contribution < -0.4 is 15.8 Å². The Morgan fingerprint density at radius 3 is 2.80 bits per heavy atom. The molecule has 0 saturated carbocycles. The van der Waals surface area contributed by atoms with Crippen LogP contribution in [-0.4, -0.2) is 38.9 Å². The summed E-state index contributed by atoms with van der Waals surface area (Å²) in [5.74, 6) is 0.905. The smallest absolute Gasteiger partial charge is 0.272 e. The molecular formula is C17H22N6O2. The zero-order valence-electron chi connectivity index (χ0n) is 14.4. The van der Waals surface area contributed by atoms with Crippen molar-refractivity contribution in [1.82, 2.24) is 25.3 Å². The second kappa shape index (κ2) is 7.42. The first-order chi connectivity index (χ1) is 12.0. The van der Waals surface area contributed by atoms with E-state index < -0.39 is 6.04 Å². The van der Waals surface area contributed by atoms with E-state index in [1.165, 1.54) is 24.7 Å². The number of carbonyl (C=O) groups excluding carboxylic acids is 1. The van der Waals surface area contributed by atoms with Crippen molar-refractivity contribution in [3.63, 3.8) is 0 Å². The lowest BCUT2D eigenvalue weighted by Crippen LogP contribution is -2.36. The van der Waals surface area contributed by atoms with Crippen LogP contribution in [0.1, 0.15) is 48.9 Å². The van der Waals surface area contributed by atoms with Crippen LogP contribution in [0, 0.1) is 5.92 Å². The lowest BCUT2D eigenvalue weighted by Gasteiger charge is -2.31. The average molecular weight is 342 g/mol. The maximum Gasteiger partial charge on any atom is 0.272 e. The molecule has 8 nitrogen and oxygen atoms in total. The zero-order valence-corrected chi connectivity index (χ0v) is 14.4. The molecule has 3 heterocycles. The molecule has 25 heavy (non-hydrogen) atoms. The molecule has 1 saturated heterocycles. The number of anilines is 1. The highest BCUT2D eigenvalue weighted by molar-refractivity contribution is 5.92. The lowest BCUT2D eigenvalue weighted by atomic mass is 10.00. The van der Waals surface area contributed by atoms with Gasteiger partial charge < -0.3 is 10.2 Å². The van der Waals surface area contributed by atoms with E-state index in [4.69, 9.17) is 0 Å². The Bertz CT molecular complexity index is 783. The highest BCUT2D eigenvalue weighted by Crippen LogP contribution is 2.20. The first-order valence-corrected chi connectivity index (χ1v) is 8.46. The summed E-state index contributed by atoms with van der Waals surface area (Å²) >= 11 is 0. The molecule has 0 aliphatic carbocycles. The summed E-state index contributed by atoms with van der Waals surface area (Å²) in [5.41, 5.74) is 0.526. The molecule has 2 aromatic rings. The number of aromatic nitrogens is 4. The second-order valence-corrected chi connectivity index (χ2v) is 6.45. The number of carbonyl (C=O) groups is 1. The molecule has 132 valence electrons. The van der Waals surface area contributed by atoms with Crippen molar-refractivity contribution in [2.24, 2.45) is 5.92 Å². The first-order valence-electron chi connectivity index (χ1n) is 8.46. The molecule has 2 N–H and O–H groups in total. The molecule has 2 aromatic heterocycles. The highest BCUT2D eigenvalue weighted by atomic mass is 16.2. The average Bonchev–Trinajstić information content (AvgIpc) is 2.62. The Balaban J connectivity index is 1.75. The summed E-state index contributed by atoms with van der Waals surface area (Å²) in [6.45, 7) is 5.76. The van der Waals surface area contributed by atoms with Crippen LogP contribution in [0.3, 0.4) is 0 Å². The van der Waals surface area contributed by atoms with E-state index in [2.05, 4.69) is 37.1 Å². The number of hydrogen-bond donors (Lipinski definition) is 2. The predicted molar refractivity (Wildman–Crippen MR) is 93.4 cm³/mol. The summed E-state index contributed by atoms with van der Waals surface area (Å²) < 4.78 is 0. The Labute approximate surface area is 145 Å². The van der Waals surface area contributed by atoms with Gasteiger partial charge in [-0.25, -0.2) is 9.97 Å². The van der Waals surface area contributed by atoms with Gasteiger partial charge in [0.25, 0.3) is 11.5 Å². The van der Waals surface area contributed by atoms with Crippen LogP contribution in [0.4, 0.5) is 5.95 Å². The Kier molecular flexibility index (Phi) is 5.06. The number of amides is 1. The van der Waals surface area contributed by atoms with Crippen LogP contribution in [-0.2, 0) is 0 Å². The van der Waals surface area contributed by atoms with Crippen molar-refractivity contribution >= 4 is 11.9 Å². The summed E-state index contributed by atoms with van der Waals surface area (Å²) in [6, 6.07) is 0.997. The van der Waals surface area contributed by atoms with E-state index in [1.54, 1.807) is 6.92 Å². The molecule has 8 heteroatoms. The SMILES string of the molecule is CC1CCN(c2nc([C@@H](C)NC(=O)c3cnccn3)cc(=O)[nH]2)CC1. The van der Waals surface area contributed by atoms with Gasteiger partial charge in [-0.2, -0.15) is 0 Å². The van der Waals surface area contributed by atoms with Gasteiger partial charge in [0, 0.05) is 31.5 Å². The van der Waals surface area contributed by atoms with Crippen LogP contribution in [0.2, 0.25) is 0 Å². The quantitative estimate of drug-likeness (QED) is 0.867. The minimum Gasteiger partial charge on any atom is -0.343 e. The molecule has 1 aliphatic heterocycles. The van der Waals surface area contributed by atoms with Crippen LogP contribution in [0.5, 0.6) is 0 Å². The van der Waals surface area contributed by atoms with E-state index in [0.717, 1.165) is 25.9 Å². The molecule has 0 bridgehead atoms. The molecule has 0 spiro atoms. The molecule has 3 rings (SSSR count). The summed E-state index contributed by atoms with van der Waals surface area (Å²) in [5, 5.41) is 2.80. The highest BCUT2D eigenvalue weighted by Gasteiger charge is 2.20. The standard InChI is InChI=1S/C17H22N6O2/c1-11-3-7-23(8-4-11)17-21-13(9-15(24)22-17)12(2)20-16(25)14-10-18-5-6-19-14/h5-6,9-12H,3-4,7-8H2,1-2H3,(H,20,25)(H,21,22,24)/t12-/m1/s1. The van der Waals surface area contributed by atoms with Crippen molar-refractivity contribution in [1.29, 1.82) is 0 Å². The third-order valence-corrected chi connectivity index (χ3v) is 4.42. The van der Waals surface area contributed by atoms with Gasteiger partial charge in [0.2, 0.25) is 5.95 Å². The predicted octanol–water partition coefficient (Wildman–Crippen LogP) is 1.29. The van der Waals surface area contributed by atoms with Gasteiger partial charge in [-0.15, -0.1) is 0 Å². The fourth-order valence-electron chi connectivity index (χ4n) is 2.82. The third-order valence-electron chi connectivity index (χ3n) is 4.42. The summed E-state index contributed by atoms with van der Waals surface area (Å²) in [7, 11) is 0. The molecular weight excluding hydrogens is 320 g/mol. The van der Waals surface area contributed by atoms with E-state index in [-0.39, 0.29) is 17.2 Å². The molecule has 1 aliphatic rings. The zero-order chi connectivity index (χ0) is 17.8. The number of piperidine rings is 1. The number of hydrogen-bond acceptors (Lipinski definition) is 6. The molecule has 1 amide bonds. The van der Waals surface area contributed by atoms with Gasteiger partial charge >= 0.3 is 0 Å². The van der Waals surface area contributed by atoms with Gasteiger partial charge in [0.15, 0.2) is 0 Å². The van der Waals surface area contributed by atoms with Crippen molar-refractivity contribution in [3.8, 4) is 0 Å². The number of rotatable bonds is 4. The molecule has 1 atom stereocenters. The van der Waals surface area contributed by atoms with Gasteiger partial charge in [-0.05, 0) is 25.7 Å². The molecule has 0 radical (unpaired) electrons. The summed E-state index contributed by atoms with van der Waals surface area (Å²) in [6.07, 6.45) is 6.51. The number of nitrogens with one attached hydrogen (secondary N) is 2. The minimum atomic E-state index is -0.417. The Morgan fingerprint density at radius 1 is 1.36 bits per heavy atom. The maximum atomic E-state index is 12.2. The monoisotopic (exact) mass is 342 g/mol. The van der Waals surface area contributed by atoms with E-state index in [1.807, 2.05) is 0 Å². The topological polar surface area (TPSA) is 104 Å². The van der Waals surface area contributed by atoms with Gasteiger partial charge in [-0.1, -0.05) is 6.92 Å². The van der Waals surface area contributed by atoms with Gasteiger partial charge in [0.05, 0.1) is 17.9 Å². The van der Waals surface area contributed by atoms with E-state index in [9.17, 15) is 9.59 Å². The maximum absolute atomic E-state index is 12.2. The normalized spacial score (nSPS) is 16.5. The molecule has 0 unspecified atom stereocenters. The van der Waals surface area contributed by atoms with E-state index in [0.29, 0.717) is 17.6 Å². The lowest BCUT2D eigenvalue weighted by molar-refractivity contribution is 0.0933. The van der Waals surface area contributed by atoms with Crippen molar-refractivity contribution in [3.05, 3.63) is 46.4 Å².